The van der Waals surface area contributed by atoms with Gasteiger partial charge in [-0.25, -0.2) is 4.63 Å². The van der Waals surface area contributed by atoms with Crippen LogP contribution in [0.2, 0.25) is 0 Å². The average Bonchev–Trinajstić information content (AvgIpc) is 3.15. The van der Waals surface area contributed by atoms with Gasteiger partial charge >= 0.3 is 0 Å². The van der Waals surface area contributed by atoms with Gasteiger partial charge in [-0.1, -0.05) is 6.07 Å². The molecule has 0 aliphatic heterocycles. The van der Waals surface area contributed by atoms with E-state index in [9.17, 15) is 9.59 Å². The normalized spacial score (nSPS) is 10.9. The van der Waals surface area contributed by atoms with E-state index in [1.807, 2.05) is 23.6 Å². The maximum atomic E-state index is 12.3. The fourth-order valence-electron chi connectivity index (χ4n) is 2.25. The van der Waals surface area contributed by atoms with Gasteiger partial charge in [0.25, 0.3) is 0 Å². The Morgan fingerprint density at radius 3 is 2.70 bits per heavy atom. The third kappa shape index (κ3) is 3.45. The number of hydrogen-bond donors (Lipinski definition) is 0. The van der Waals surface area contributed by atoms with Gasteiger partial charge in [-0.05, 0) is 51.9 Å². The van der Waals surface area contributed by atoms with Crippen LogP contribution in [0.5, 0.6) is 0 Å². The topological polar surface area (TPSA) is 76.3 Å². The summed E-state index contributed by atoms with van der Waals surface area (Å²) in [5, 5.41) is 9.41. The number of benzene rings is 1. The first-order valence-corrected chi connectivity index (χ1v) is 7.94. The summed E-state index contributed by atoms with van der Waals surface area (Å²) in [4.78, 5) is 25.9. The van der Waals surface area contributed by atoms with Crippen LogP contribution in [0, 0.1) is 0 Å². The van der Waals surface area contributed by atoms with E-state index in [-0.39, 0.29) is 18.1 Å². The van der Waals surface area contributed by atoms with E-state index in [0.29, 0.717) is 22.5 Å². The first kappa shape index (κ1) is 15.4. The predicted molar refractivity (Wildman–Crippen MR) is 86.3 cm³/mol. The molecule has 0 aliphatic carbocycles. The molecule has 0 unspecified atom stereocenters. The van der Waals surface area contributed by atoms with Gasteiger partial charge in [0.2, 0.25) is 5.91 Å². The van der Waals surface area contributed by atoms with Gasteiger partial charge in [0, 0.05) is 13.6 Å². The second kappa shape index (κ2) is 6.29. The van der Waals surface area contributed by atoms with E-state index >= 15 is 0 Å². The number of nitrogens with zero attached hydrogens (tertiary/aromatic N) is 3. The average molecular weight is 329 g/mol. The molecule has 0 fully saturated rings. The maximum Gasteiger partial charge on any atom is 0.227 e. The molecule has 23 heavy (non-hydrogen) atoms. The zero-order valence-corrected chi connectivity index (χ0v) is 13.6. The number of carbonyl (C=O) groups excluding carboxylic acids is 2. The van der Waals surface area contributed by atoms with Crippen LogP contribution in [0.15, 0.2) is 34.3 Å². The third-order valence-electron chi connectivity index (χ3n) is 3.52. The molecule has 2 aromatic heterocycles. The van der Waals surface area contributed by atoms with Crippen molar-refractivity contribution in [3.05, 3.63) is 45.6 Å². The van der Waals surface area contributed by atoms with Crippen LogP contribution < -0.4 is 0 Å². The molecule has 1 aromatic carbocycles. The Morgan fingerprint density at radius 2 is 1.96 bits per heavy atom. The van der Waals surface area contributed by atoms with Crippen molar-refractivity contribution in [1.29, 1.82) is 0 Å². The Morgan fingerprint density at radius 1 is 1.17 bits per heavy atom. The largest absolute Gasteiger partial charge is 0.341 e. The number of carbonyl (C=O) groups is 2. The monoisotopic (exact) mass is 329 g/mol. The molecule has 118 valence electrons. The van der Waals surface area contributed by atoms with E-state index in [4.69, 9.17) is 0 Å². The Labute approximate surface area is 136 Å². The number of fused-ring (bicyclic) bond motifs is 1. The van der Waals surface area contributed by atoms with Crippen LogP contribution >= 0.6 is 11.3 Å². The van der Waals surface area contributed by atoms with Crippen molar-refractivity contribution in [2.75, 3.05) is 7.05 Å². The summed E-state index contributed by atoms with van der Waals surface area (Å²) in [6.45, 7) is 2.00. The van der Waals surface area contributed by atoms with Gasteiger partial charge in [0.1, 0.15) is 11.0 Å². The number of rotatable bonds is 5. The molecular formula is C16H15N3O3S. The molecule has 6 nitrogen and oxygen atoms in total. The van der Waals surface area contributed by atoms with Crippen molar-refractivity contribution >= 4 is 34.1 Å². The second-order valence-corrected chi connectivity index (χ2v) is 6.30. The van der Waals surface area contributed by atoms with Crippen LogP contribution in [0.25, 0.3) is 11.0 Å². The number of Topliss-reactive ketones (excluding diaryl/α,β-unsaturated/α-hetero) is 1. The predicted octanol–water partition coefficient (Wildman–Crippen LogP) is 2.69. The number of hydrogen-bond acceptors (Lipinski definition) is 6. The van der Waals surface area contributed by atoms with Gasteiger partial charge in [0.15, 0.2) is 5.78 Å². The fraction of sp³-hybridized carbons (Fsp3) is 0.250. The first-order valence-electron chi connectivity index (χ1n) is 7.06. The highest BCUT2D eigenvalue weighted by Gasteiger charge is 2.13. The Kier molecular flexibility index (Phi) is 4.20. The van der Waals surface area contributed by atoms with Crippen molar-refractivity contribution in [3.8, 4) is 0 Å². The standard InChI is InChI=1S/C16H15N3O3S/c1-10(20)15-6-12(9-23-15)7-16(21)19(2)8-11-3-4-13-14(5-11)18-22-17-13/h3-6,9H,7-8H2,1-2H3. The van der Waals surface area contributed by atoms with E-state index in [1.54, 1.807) is 18.0 Å². The first-order chi connectivity index (χ1) is 11.0. The lowest BCUT2D eigenvalue weighted by Crippen LogP contribution is -2.27. The minimum Gasteiger partial charge on any atom is -0.341 e. The molecule has 0 saturated carbocycles. The number of aromatic nitrogens is 2. The van der Waals surface area contributed by atoms with Crippen molar-refractivity contribution in [2.24, 2.45) is 0 Å². The molecule has 2 heterocycles. The molecule has 0 radical (unpaired) electrons. The molecule has 1 amide bonds. The van der Waals surface area contributed by atoms with E-state index in [2.05, 4.69) is 14.9 Å². The molecule has 3 aromatic rings. The lowest BCUT2D eigenvalue weighted by molar-refractivity contribution is -0.129. The summed E-state index contributed by atoms with van der Waals surface area (Å²) in [5.74, 6) is 0.0212. The van der Waals surface area contributed by atoms with Gasteiger partial charge in [-0.2, -0.15) is 0 Å². The van der Waals surface area contributed by atoms with E-state index in [1.165, 1.54) is 18.3 Å². The Balaban J connectivity index is 1.65. The van der Waals surface area contributed by atoms with Gasteiger partial charge < -0.3 is 4.90 Å². The second-order valence-electron chi connectivity index (χ2n) is 5.39. The lowest BCUT2D eigenvalue weighted by Gasteiger charge is -2.16. The molecule has 7 heteroatoms. The number of thiophene rings is 1. The molecular weight excluding hydrogens is 314 g/mol. The molecule has 0 spiro atoms. The highest BCUT2D eigenvalue weighted by Crippen LogP contribution is 2.17. The van der Waals surface area contributed by atoms with Gasteiger partial charge in [-0.3, -0.25) is 9.59 Å². The van der Waals surface area contributed by atoms with Gasteiger partial charge in [0.05, 0.1) is 11.3 Å². The Hall–Kier alpha value is -2.54. The maximum absolute atomic E-state index is 12.3. The lowest BCUT2D eigenvalue weighted by atomic mass is 10.1. The molecule has 0 bridgehead atoms. The van der Waals surface area contributed by atoms with Crippen LogP contribution in [0.4, 0.5) is 0 Å². The van der Waals surface area contributed by atoms with Crippen molar-refractivity contribution in [3.63, 3.8) is 0 Å². The molecule has 0 aliphatic rings. The third-order valence-corrected chi connectivity index (χ3v) is 4.60. The van der Waals surface area contributed by atoms with E-state index < -0.39 is 0 Å². The van der Waals surface area contributed by atoms with E-state index in [0.717, 1.165) is 11.1 Å². The zero-order chi connectivity index (χ0) is 16.4. The van der Waals surface area contributed by atoms with Crippen LogP contribution in [0.1, 0.15) is 27.7 Å². The highest BCUT2D eigenvalue weighted by molar-refractivity contribution is 7.12. The van der Waals surface area contributed by atoms with Crippen LogP contribution in [-0.4, -0.2) is 34.0 Å². The summed E-state index contributed by atoms with van der Waals surface area (Å²) < 4.78 is 4.67. The van der Waals surface area contributed by atoms with Crippen molar-refractivity contribution in [1.82, 2.24) is 15.2 Å². The summed E-state index contributed by atoms with van der Waals surface area (Å²) in [7, 11) is 1.76. The molecule has 0 atom stereocenters. The SMILES string of the molecule is CC(=O)c1cc(CC(=O)N(C)Cc2ccc3nonc3c2)cs1. The molecule has 0 N–H and O–H groups in total. The van der Waals surface area contributed by atoms with Crippen LogP contribution in [-0.2, 0) is 17.8 Å². The summed E-state index contributed by atoms with van der Waals surface area (Å²) in [6.07, 6.45) is 0.286. The van der Waals surface area contributed by atoms with Crippen molar-refractivity contribution < 1.29 is 14.2 Å². The zero-order valence-electron chi connectivity index (χ0n) is 12.8. The summed E-state index contributed by atoms with van der Waals surface area (Å²) in [5.41, 5.74) is 3.19. The summed E-state index contributed by atoms with van der Waals surface area (Å²) >= 11 is 1.37. The van der Waals surface area contributed by atoms with Crippen molar-refractivity contribution in [2.45, 2.75) is 19.9 Å². The van der Waals surface area contributed by atoms with Crippen LogP contribution in [0.3, 0.4) is 0 Å². The summed E-state index contributed by atoms with van der Waals surface area (Å²) in [6, 6.07) is 7.35. The minimum absolute atomic E-state index is 0.00345. The number of ketones is 1. The molecule has 3 rings (SSSR count). The number of likely N-dealkylation sites (N-methyl/N-ethyl adjacent to an activating group) is 1. The quantitative estimate of drug-likeness (QED) is 0.673. The smallest absolute Gasteiger partial charge is 0.227 e. The molecule has 0 saturated heterocycles. The fourth-order valence-corrected chi connectivity index (χ4v) is 3.07. The minimum atomic E-state index is -0.00345. The highest BCUT2D eigenvalue weighted by atomic mass is 32.1. The number of amides is 1. The van der Waals surface area contributed by atoms with Gasteiger partial charge in [-0.15, -0.1) is 11.3 Å². The Bertz CT molecular complexity index is 868.